The van der Waals surface area contributed by atoms with Crippen LogP contribution in [0.25, 0.3) is 16.9 Å². The van der Waals surface area contributed by atoms with Crippen molar-refractivity contribution in [3.05, 3.63) is 47.4 Å². The summed E-state index contributed by atoms with van der Waals surface area (Å²) in [6.07, 6.45) is -7.32. The lowest BCUT2D eigenvalue weighted by atomic mass is 9.86. The Morgan fingerprint density at radius 1 is 1.13 bits per heavy atom. The van der Waals surface area contributed by atoms with Crippen LogP contribution in [0.3, 0.4) is 0 Å². The summed E-state index contributed by atoms with van der Waals surface area (Å²) in [6.45, 7) is 1.59. The van der Waals surface area contributed by atoms with E-state index in [-0.39, 0.29) is 35.3 Å². The first-order chi connectivity index (χ1) is 13.8. The minimum absolute atomic E-state index is 0.0592. The number of hydrogen-bond acceptors (Lipinski definition) is 4. The van der Waals surface area contributed by atoms with Gasteiger partial charge in [-0.25, -0.2) is 9.97 Å². The van der Waals surface area contributed by atoms with Crippen molar-refractivity contribution in [2.24, 2.45) is 5.92 Å². The van der Waals surface area contributed by atoms with E-state index in [2.05, 4.69) is 9.97 Å². The topological polar surface area (TPSA) is 76.4 Å². The van der Waals surface area contributed by atoms with Crippen LogP contribution in [0.2, 0.25) is 0 Å². The molecule has 4 rings (SSSR count). The summed E-state index contributed by atoms with van der Waals surface area (Å²) in [5.41, 5.74) is 1.67. The Morgan fingerprint density at radius 3 is 2.37 bits per heavy atom. The molecule has 0 aliphatic heterocycles. The van der Waals surface area contributed by atoms with Crippen LogP contribution in [0, 0.1) is 12.8 Å². The Balaban J connectivity index is 1.93. The van der Waals surface area contributed by atoms with Crippen molar-refractivity contribution in [3.8, 4) is 11.3 Å². The highest BCUT2D eigenvalue weighted by molar-refractivity contribution is 5.72. The molecule has 11 heteroatoms. The van der Waals surface area contributed by atoms with Crippen LogP contribution >= 0.6 is 0 Å². The van der Waals surface area contributed by atoms with Crippen molar-refractivity contribution >= 4 is 11.5 Å². The number of imidazole rings is 1. The Kier molecular flexibility index (Phi) is 4.32. The number of anilines is 1. The number of hydrogen-bond donors (Lipinski definition) is 2. The quantitative estimate of drug-likeness (QED) is 0.602. The Bertz CT molecular complexity index is 1130. The van der Waals surface area contributed by atoms with Crippen molar-refractivity contribution in [1.29, 1.82) is 0 Å². The molecule has 1 fully saturated rings. The lowest BCUT2D eigenvalue weighted by Crippen LogP contribution is -2.44. The van der Waals surface area contributed by atoms with Crippen LogP contribution < -0.4 is 5.73 Å². The number of aliphatic hydroxyl groups is 1. The highest BCUT2D eigenvalue weighted by Gasteiger charge is 2.62. The minimum atomic E-state index is -4.90. The highest BCUT2D eigenvalue weighted by atomic mass is 19.4. The molecule has 0 radical (unpaired) electrons. The molecule has 2 heterocycles. The van der Waals surface area contributed by atoms with Crippen LogP contribution in [0.1, 0.15) is 29.7 Å². The predicted molar refractivity (Wildman–Crippen MR) is 95.3 cm³/mol. The average Bonchev–Trinajstić information content (AvgIpc) is 3.40. The zero-order chi connectivity index (χ0) is 22.1. The molecular weight excluding hydrogens is 414 g/mol. The maximum absolute atomic E-state index is 13.7. The maximum Gasteiger partial charge on any atom is 0.434 e. The molecule has 5 nitrogen and oxygen atoms in total. The number of halogens is 6. The average molecular weight is 430 g/mol. The zero-order valence-electron chi connectivity index (χ0n) is 15.5. The van der Waals surface area contributed by atoms with E-state index in [4.69, 9.17) is 5.73 Å². The second kappa shape index (κ2) is 6.34. The minimum Gasteiger partial charge on any atom is -0.381 e. The van der Waals surface area contributed by atoms with E-state index in [1.165, 1.54) is 18.3 Å². The van der Waals surface area contributed by atoms with E-state index in [1.807, 2.05) is 0 Å². The molecule has 1 aliphatic rings. The molecule has 3 N–H and O–H groups in total. The van der Waals surface area contributed by atoms with Crippen molar-refractivity contribution in [1.82, 2.24) is 14.4 Å². The summed E-state index contributed by atoms with van der Waals surface area (Å²) >= 11 is 0. The maximum atomic E-state index is 13.7. The molecule has 0 amide bonds. The van der Waals surface area contributed by atoms with Gasteiger partial charge in [0.05, 0.1) is 11.9 Å². The smallest absolute Gasteiger partial charge is 0.381 e. The normalized spacial score (nSPS) is 17.3. The first-order valence-electron chi connectivity index (χ1n) is 8.95. The standard InChI is InChI=1S/C19H16F6N4O/c1-9-2-3-11(17(30,10-4-5-10)19(23,24)25)6-12(9)13-7-27-16-15(26)28-14(8-29(13)16)18(20,21)22/h2-3,6-8,10,30H,4-5H2,1H3,(H2,26,28). The zero-order valence-corrected chi connectivity index (χ0v) is 15.5. The monoisotopic (exact) mass is 430 g/mol. The number of alkyl halides is 6. The fourth-order valence-electron chi connectivity index (χ4n) is 3.61. The van der Waals surface area contributed by atoms with Gasteiger partial charge in [0.1, 0.15) is 0 Å². The summed E-state index contributed by atoms with van der Waals surface area (Å²) in [5, 5.41) is 10.6. The molecule has 3 aromatic rings. The van der Waals surface area contributed by atoms with E-state index in [0.29, 0.717) is 11.8 Å². The molecule has 0 spiro atoms. The van der Waals surface area contributed by atoms with Crippen molar-refractivity contribution in [2.75, 3.05) is 5.73 Å². The molecule has 2 aromatic heterocycles. The van der Waals surface area contributed by atoms with Gasteiger partial charge in [0.2, 0.25) is 0 Å². The molecule has 1 saturated carbocycles. The number of nitrogens with zero attached hydrogens (tertiary/aromatic N) is 3. The summed E-state index contributed by atoms with van der Waals surface area (Å²) in [6, 6.07) is 3.72. The van der Waals surface area contributed by atoms with Gasteiger partial charge in [-0.15, -0.1) is 0 Å². The van der Waals surface area contributed by atoms with E-state index in [1.54, 1.807) is 6.92 Å². The summed E-state index contributed by atoms with van der Waals surface area (Å²) in [7, 11) is 0. The molecule has 1 aliphatic carbocycles. The molecule has 160 valence electrons. The van der Waals surface area contributed by atoms with Gasteiger partial charge in [-0.05, 0) is 37.0 Å². The lowest BCUT2D eigenvalue weighted by Gasteiger charge is -2.31. The van der Waals surface area contributed by atoms with E-state index >= 15 is 0 Å². The number of nitrogens with two attached hydrogens (primary N) is 1. The first-order valence-corrected chi connectivity index (χ1v) is 8.95. The fraction of sp³-hybridized carbons (Fsp3) is 0.368. The second-order valence-electron chi connectivity index (χ2n) is 7.41. The van der Waals surface area contributed by atoms with Crippen LogP contribution in [0.15, 0.2) is 30.6 Å². The SMILES string of the molecule is Cc1ccc(C(O)(C2CC2)C(F)(F)F)cc1-c1cnc2c(N)nc(C(F)(F)F)cn12. The third-order valence-electron chi connectivity index (χ3n) is 5.36. The number of nitrogen functional groups attached to an aromatic ring is 1. The number of aryl methyl sites for hydroxylation is 1. The number of benzene rings is 1. The first kappa shape index (κ1) is 20.5. The van der Waals surface area contributed by atoms with Crippen molar-refractivity contribution < 1.29 is 31.4 Å². The summed E-state index contributed by atoms with van der Waals surface area (Å²) in [4.78, 5) is 7.27. The lowest BCUT2D eigenvalue weighted by molar-refractivity contribution is -0.275. The number of rotatable bonds is 3. The Hall–Kier alpha value is -2.82. The molecule has 1 atom stereocenters. The van der Waals surface area contributed by atoms with Crippen LogP contribution in [-0.4, -0.2) is 25.7 Å². The van der Waals surface area contributed by atoms with Gasteiger partial charge >= 0.3 is 12.4 Å². The van der Waals surface area contributed by atoms with Crippen molar-refractivity contribution in [3.63, 3.8) is 0 Å². The molecule has 1 unspecified atom stereocenters. The van der Waals surface area contributed by atoms with Gasteiger partial charge in [0.25, 0.3) is 0 Å². The molecule has 1 aromatic carbocycles. The van der Waals surface area contributed by atoms with Crippen LogP contribution in [0.4, 0.5) is 32.2 Å². The molecule has 30 heavy (non-hydrogen) atoms. The van der Waals surface area contributed by atoms with Crippen LogP contribution in [0.5, 0.6) is 0 Å². The van der Waals surface area contributed by atoms with Gasteiger partial charge in [0, 0.05) is 17.7 Å². The Labute approximate surface area is 166 Å². The third-order valence-corrected chi connectivity index (χ3v) is 5.36. The van der Waals surface area contributed by atoms with Gasteiger partial charge in [-0.3, -0.25) is 4.40 Å². The third kappa shape index (κ3) is 3.08. The second-order valence-corrected chi connectivity index (χ2v) is 7.41. The summed E-state index contributed by atoms with van der Waals surface area (Å²) < 4.78 is 81.7. The summed E-state index contributed by atoms with van der Waals surface area (Å²) in [5.74, 6) is -1.43. The van der Waals surface area contributed by atoms with Gasteiger partial charge < -0.3 is 10.8 Å². The predicted octanol–water partition coefficient (Wildman–Crippen LogP) is 4.47. The number of fused-ring (bicyclic) bond motifs is 1. The molecular formula is C19H16F6N4O. The number of aromatic nitrogens is 3. The highest BCUT2D eigenvalue weighted by Crippen LogP contribution is 2.54. The van der Waals surface area contributed by atoms with Crippen LogP contribution in [-0.2, 0) is 11.8 Å². The molecule has 0 bridgehead atoms. The van der Waals surface area contributed by atoms with E-state index in [0.717, 1.165) is 10.5 Å². The molecule has 0 saturated heterocycles. The fourth-order valence-corrected chi connectivity index (χ4v) is 3.61. The van der Waals surface area contributed by atoms with Gasteiger partial charge in [0.15, 0.2) is 22.8 Å². The van der Waals surface area contributed by atoms with Gasteiger partial charge in [-0.2, -0.15) is 26.3 Å². The van der Waals surface area contributed by atoms with Gasteiger partial charge in [-0.1, -0.05) is 12.1 Å². The van der Waals surface area contributed by atoms with Crippen molar-refractivity contribution in [2.45, 2.75) is 37.7 Å². The van der Waals surface area contributed by atoms with E-state index < -0.39 is 35.4 Å². The largest absolute Gasteiger partial charge is 0.434 e. The Morgan fingerprint density at radius 2 is 1.80 bits per heavy atom. The van der Waals surface area contributed by atoms with E-state index in [9.17, 15) is 31.4 Å².